The minimum atomic E-state index is -0.0238. The van der Waals surface area contributed by atoms with Crippen LogP contribution in [0.25, 0.3) is 0 Å². The number of fused-ring (bicyclic) bond motifs is 5. The van der Waals surface area contributed by atoms with E-state index in [1.165, 1.54) is 44.9 Å². The maximum absolute atomic E-state index is 10.2. The van der Waals surface area contributed by atoms with E-state index >= 15 is 0 Å². The second-order valence-electron chi connectivity index (χ2n) is 10.5. The predicted octanol–water partition coefficient (Wildman–Crippen LogP) is 3.65. The van der Waals surface area contributed by atoms with Crippen molar-refractivity contribution in [3.8, 4) is 0 Å². The van der Waals surface area contributed by atoms with Crippen LogP contribution in [0, 0.1) is 34.5 Å². The van der Waals surface area contributed by atoms with Gasteiger partial charge in [0.2, 0.25) is 0 Å². The summed E-state index contributed by atoms with van der Waals surface area (Å²) in [7, 11) is 2.30. The molecule has 25 heavy (non-hydrogen) atoms. The van der Waals surface area contributed by atoms with Crippen LogP contribution in [-0.2, 0) is 0 Å². The Morgan fingerprint density at radius 2 is 1.68 bits per heavy atom. The fourth-order valence-electron chi connectivity index (χ4n) is 8.29. The standard InChI is InChI=1S/C22H40N2O/c1-21-10-8-16(25)14-15(21)4-5-17-18-6-7-20(24(3)13-12-23)22(18,2)11-9-19(17)21/h15-20,25H,4-14,23H2,1-3H3/t15-,16-,17-,18+,19+,20+,21-,22-/m0/s1. The van der Waals surface area contributed by atoms with E-state index in [9.17, 15) is 5.11 Å². The van der Waals surface area contributed by atoms with Crippen molar-refractivity contribution in [1.29, 1.82) is 0 Å². The summed E-state index contributed by atoms with van der Waals surface area (Å²) >= 11 is 0. The Morgan fingerprint density at radius 1 is 0.960 bits per heavy atom. The smallest absolute Gasteiger partial charge is 0.0543 e. The molecule has 3 N–H and O–H groups in total. The number of hydrogen-bond donors (Lipinski definition) is 2. The molecule has 8 atom stereocenters. The molecule has 0 aromatic rings. The van der Waals surface area contributed by atoms with Crippen LogP contribution in [0.5, 0.6) is 0 Å². The highest BCUT2D eigenvalue weighted by Gasteiger charge is 2.60. The molecular formula is C22H40N2O. The maximum Gasteiger partial charge on any atom is 0.0543 e. The normalized spacial score (nSPS) is 52.6. The van der Waals surface area contributed by atoms with Gasteiger partial charge in [0, 0.05) is 19.1 Å². The fraction of sp³-hybridized carbons (Fsp3) is 1.00. The zero-order valence-electron chi connectivity index (χ0n) is 16.7. The SMILES string of the molecule is CN(CCN)[C@@H]1CC[C@@H]2[C@@H]3CC[C@H]4C[C@@H](O)CC[C@]4(C)[C@@H]3CC[C@@]21C. The molecule has 0 radical (unpaired) electrons. The molecule has 4 fully saturated rings. The lowest BCUT2D eigenvalue weighted by Crippen LogP contribution is -2.56. The lowest BCUT2D eigenvalue weighted by Gasteiger charge is -2.61. The Balaban J connectivity index is 1.56. The second kappa shape index (κ2) is 6.49. The Bertz CT molecular complexity index is 496. The molecule has 0 aliphatic heterocycles. The van der Waals surface area contributed by atoms with E-state index in [1.807, 2.05) is 0 Å². The van der Waals surface area contributed by atoms with E-state index in [1.54, 1.807) is 0 Å². The molecule has 144 valence electrons. The molecule has 4 aliphatic rings. The third-order valence-corrected chi connectivity index (χ3v) is 9.60. The molecule has 0 unspecified atom stereocenters. The van der Waals surface area contributed by atoms with Gasteiger partial charge in [0.25, 0.3) is 0 Å². The van der Waals surface area contributed by atoms with Crippen LogP contribution in [-0.4, -0.2) is 42.3 Å². The van der Waals surface area contributed by atoms with Crippen molar-refractivity contribution in [3.05, 3.63) is 0 Å². The zero-order chi connectivity index (χ0) is 17.8. The van der Waals surface area contributed by atoms with Gasteiger partial charge in [-0.2, -0.15) is 0 Å². The average Bonchev–Trinajstić information content (AvgIpc) is 2.93. The van der Waals surface area contributed by atoms with Gasteiger partial charge in [0.1, 0.15) is 0 Å². The molecular weight excluding hydrogens is 308 g/mol. The van der Waals surface area contributed by atoms with Crippen molar-refractivity contribution in [2.24, 2.45) is 40.2 Å². The van der Waals surface area contributed by atoms with Crippen LogP contribution in [0.2, 0.25) is 0 Å². The predicted molar refractivity (Wildman–Crippen MR) is 103 cm³/mol. The molecule has 0 aromatic carbocycles. The lowest BCUT2D eigenvalue weighted by atomic mass is 9.45. The summed E-state index contributed by atoms with van der Waals surface area (Å²) in [6.07, 6.45) is 11.8. The molecule has 0 aromatic heterocycles. The number of hydrogen-bond acceptors (Lipinski definition) is 3. The van der Waals surface area contributed by atoms with E-state index in [-0.39, 0.29) is 6.10 Å². The van der Waals surface area contributed by atoms with E-state index in [0.717, 1.165) is 55.6 Å². The van der Waals surface area contributed by atoms with Crippen LogP contribution >= 0.6 is 0 Å². The molecule has 3 nitrogen and oxygen atoms in total. The number of nitrogens with zero attached hydrogens (tertiary/aromatic N) is 1. The minimum Gasteiger partial charge on any atom is -0.393 e. The van der Waals surface area contributed by atoms with Gasteiger partial charge < -0.3 is 15.7 Å². The van der Waals surface area contributed by atoms with Crippen LogP contribution in [0.1, 0.15) is 71.6 Å². The monoisotopic (exact) mass is 348 g/mol. The number of nitrogens with two attached hydrogens (primary N) is 1. The quantitative estimate of drug-likeness (QED) is 0.818. The van der Waals surface area contributed by atoms with Crippen molar-refractivity contribution < 1.29 is 5.11 Å². The molecule has 0 spiro atoms. The van der Waals surface area contributed by atoms with E-state index in [2.05, 4.69) is 25.8 Å². The van der Waals surface area contributed by atoms with Gasteiger partial charge in [0.15, 0.2) is 0 Å². The van der Waals surface area contributed by atoms with E-state index in [0.29, 0.717) is 10.8 Å². The first kappa shape index (κ1) is 18.3. The largest absolute Gasteiger partial charge is 0.393 e. The Morgan fingerprint density at radius 3 is 2.44 bits per heavy atom. The van der Waals surface area contributed by atoms with Crippen LogP contribution < -0.4 is 5.73 Å². The first-order valence-electron chi connectivity index (χ1n) is 11.0. The van der Waals surface area contributed by atoms with E-state index < -0.39 is 0 Å². The summed E-state index contributed by atoms with van der Waals surface area (Å²) in [4.78, 5) is 2.57. The van der Waals surface area contributed by atoms with Crippen molar-refractivity contribution in [2.45, 2.75) is 83.8 Å². The summed E-state index contributed by atoms with van der Waals surface area (Å²) in [6.45, 7) is 7.02. The second-order valence-corrected chi connectivity index (χ2v) is 10.5. The van der Waals surface area contributed by atoms with Crippen LogP contribution in [0.4, 0.5) is 0 Å². The highest BCUT2D eigenvalue weighted by molar-refractivity contribution is 5.11. The lowest BCUT2D eigenvalue weighted by molar-refractivity contribution is -0.128. The van der Waals surface area contributed by atoms with E-state index in [4.69, 9.17) is 5.73 Å². The van der Waals surface area contributed by atoms with Gasteiger partial charge in [0.05, 0.1) is 6.10 Å². The maximum atomic E-state index is 10.2. The summed E-state index contributed by atoms with van der Waals surface area (Å²) in [6, 6.07) is 0.737. The molecule has 4 saturated carbocycles. The fourth-order valence-corrected chi connectivity index (χ4v) is 8.29. The van der Waals surface area contributed by atoms with Gasteiger partial charge in [-0.3, -0.25) is 0 Å². The Hall–Kier alpha value is -0.120. The topological polar surface area (TPSA) is 49.5 Å². The van der Waals surface area contributed by atoms with Crippen LogP contribution in [0.3, 0.4) is 0 Å². The number of likely N-dealkylation sites (N-methyl/N-ethyl adjacent to an activating group) is 1. The van der Waals surface area contributed by atoms with Gasteiger partial charge in [-0.25, -0.2) is 0 Å². The summed E-state index contributed by atoms with van der Waals surface area (Å²) in [5.41, 5.74) is 6.86. The average molecular weight is 349 g/mol. The molecule has 4 rings (SSSR count). The Kier molecular flexibility index (Phi) is 4.74. The van der Waals surface area contributed by atoms with Crippen LogP contribution in [0.15, 0.2) is 0 Å². The highest BCUT2D eigenvalue weighted by atomic mass is 16.3. The summed E-state index contributed by atoms with van der Waals surface area (Å²) in [5.74, 6) is 3.54. The number of rotatable bonds is 3. The van der Waals surface area contributed by atoms with Gasteiger partial charge >= 0.3 is 0 Å². The molecule has 0 bridgehead atoms. The molecule has 0 heterocycles. The molecule has 3 heteroatoms. The van der Waals surface area contributed by atoms with Crippen molar-refractivity contribution in [1.82, 2.24) is 4.90 Å². The summed E-state index contributed by atoms with van der Waals surface area (Å²) < 4.78 is 0. The number of aliphatic hydroxyl groups is 1. The minimum absolute atomic E-state index is 0.0238. The van der Waals surface area contributed by atoms with Crippen molar-refractivity contribution in [3.63, 3.8) is 0 Å². The molecule has 4 aliphatic carbocycles. The van der Waals surface area contributed by atoms with Gasteiger partial charge in [-0.1, -0.05) is 13.8 Å². The zero-order valence-corrected chi connectivity index (χ0v) is 16.7. The van der Waals surface area contributed by atoms with Crippen molar-refractivity contribution in [2.75, 3.05) is 20.1 Å². The van der Waals surface area contributed by atoms with Gasteiger partial charge in [-0.05, 0) is 99.3 Å². The highest BCUT2D eigenvalue weighted by Crippen LogP contribution is 2.66. The molecule has 0 saturated heterocycles. The third kappa shape index (κ3) is 2.72. The first-order chi connectivity index (χ1) is 11.9. The van der Waals surface area contributed by atoms with Crippen molar-refractivity contribution >= 4 is 0 Å². The third-order valence-electron chi connectivity index (χ3n) is 9.60. The molecule has 0 amide bonds. The summed E-state index contributed by atoms with van der Waals surface area (Å²) in [5, 5.41) is 10.2. The Labute approximate surface area is 154 Å². The first-order valence-corrected chi connectivity index (χ1v) is 11.0. The van der Waals surface area contributed by atoms with Gasteiger partial charge in [-0.15, -0.1) is 0 Å². The number of aliphatic hydroxyl groups excluding tert-OH is 1.